The van der Waals surface area contributed by atoms with Crippen LogP contribution in [-0.2, 0) is 9.53 Å². The van der Waals surface area contributed by atoms with Crippen LogP contribution in [0.1, 0.15) is 6.92 Å². The third kappa shape index (κ3) is 4.56. The minimum absolute atomic E-state index is 0.0330. The Hall–Kier alpha value is -1.36. The van der Waals surface area contributed by atoms with Crippen molar-refractivity contribution in [2.45, 2.75) is 6.92 Å². The van der Waals surface area contributed by atoms with Gasteiger partial charge in [0.1, 0.15) is 18.2 Å². The summed E-state index contributed by atoms with van der Waals surface area (Å²) in [6, 6.07) is 4.14. The van der Waals surface area contributed by atoms with Gasteiger partial charge in [0, 0.05) is 10.5 Å². The maximum absolute atomic E-state index is 13.0. The van der Waals surface area contributed by atoms with Gasteiger partial charge in [-0.2, -0.15) is 0 Å². The van der Waals surface area contributed by atoms with Crippen LogP contribution in [-0.4, -0.2) is 19.2 Å². The maximum atomic E-state index is 13.0. The van der Waals surface area contributed by atoms with E-state index in [9.17, 15) is 9.18 Å². The number of benzene rings is 1. The first-order valence-electron chi connectivity index (χ1n) is 4.96. The van der Waals surface area contributed by atoms with Crippen LogP contribution in [0.25, 0.3) is 0 Å². The summed E-state index contributed by atoms with van der Waals surface area (Å²) >= 11 is 3.14. The molecule has 0 radical (unpaired) electrons. The fourth-order valence-corrected chi connectivity index (χ4v) is 1.52. The molecule has 5 heteroatoms. The molecule has 0 aliphatic rings. The molecule has 0 fully saturated rings. The summed E-state index contributed by atoms with van der Waals surface area (Å²) in [7, 11) is 0. The van der Waals surface area contributed by atoms with Crippen molar-refractivity contribution in [1.82, 2.24) is 0 Å². The Labute approximate surface area is 107 Å². The lowest BCUT2D eigenvalue weighted by Gasteiger charge is -2.08. The summed E-state index contributed by atoms with van der Waals surface area (Å²) in [4.78, 5) is 11.2. The SMILES string of the molecule is C=C(COc1cc(F)cc(Br)c1)C(=O)OCC. The second-order valence-corrected chi connectivity index (χ2v) is 4.13. The topological polar surface area (TPSA) is 35.5 Å². The highest BCUT2D eigenvalue weighted by atomic mass is 79.9. The predicted molar refractivity (Wildman–Crippen MR) is 65.4 cm³/mol. The molecule has 0 atom stereocenters. The van der Waals surface area contributed by atoms with E-state index in [1.54, 1.807) is 13.0 Å². The van der Waals surface area contributed by atoms with E-state index in [0.717, 1.165) is 0 Å². The molecule has 1 aromatic rings. The lowest BCUT2D eigenvalue weighted by Crippen LogP contribution is -2.13. The zero-order chi connectivity index (χ0) is 12.8. The van der Waals surface area contributed by atoms with E-state index < -0.39 is 11.8 Å². The second-order valence-electron chi connectivity index (χ2n) is 3.22. The van der Waals surface area contributed by atoms with Gasteiger partial charge in [-0.3, -0.25) is 0 Å². The summed E-state index contributed by atoms with van der Waals surface area (Å²) in [5.74, 6) is -0.610. The third-order valence-corrected chi connectivity index (χ3v) is 2.27. The summed E-state index contributed by atoms with van der Waals surface area (Å²) in [5, 5.41) is 0. The first kappa shape index (κ1) is 13.7. The summed E-state index contributed by atoms with van der Waals surface area (Å²) in [6.45, 7) is 5.48. The molecule has 17 heavy (non-hydrogen) atoms. The number of ether oxygens (including phenoxy) is 2. The highest BCUT2D eigenvalue weighted by molar-refractivity contribution is 9.10. The Balaban J connectivity index is 2.55. The highest BCUT2D eigenvalue weighted by Gasteiger charge is 2.09. The molecule has 1 aromatic carbocycles. The van der Waals surface area contributed by atoms with E-state index in [1.807, 2.05) is 0 Å². The zero-order valence-corrected chi connectivity index (χ0v) is 10.9. The van der Waals surface area contributed by atoms with E-state index in [0.29, 0.717) is 10.2 Å². The fraction of sp³-hybridized carbons (Fsp3) is 0.250. The van der Waals surface area contributed by atoms with E-state index in [2.05, 4.69) is 22.5 Å². The molecule has 0 amide bonds. The van der Waals surface area contributed by atoms with Crippen molar-refractivity contribution in [3.05, 3.63) is 40.6 Å². The van der Waals surface area contributed by atoms with Crippen molar-refractivity contribution in [2.24, 2.45) is 0 Å². The summed E-state index contributed by atoms with van der Waals surface area (Å²) < 4.78 is 23.5. The van der Waals surface area contributed by atoms with Crippen molar-refractivity contribution < 1.29 is 18.7 Å². The Morgan fingerprint density at radius 3 is 2.76 bits per heavy atom. The van der Waals surface area contributed by atoms with E-state index in [-0.39, 0.29) is 18.8 Å². The number of esters is 1. The number of hydrogen-bond acceptors (Lipinski definition) is 3. The zero-order valence-electron chi connectivity index (χ0n) is 9.33. The molecule has 0 heterocycles. The molecule has 0 saturated carbocycles. The van der Waals surface area contributed by atoms with Crippen LogP contribution in [0, 0.1) is 5.82 Å². The van der Waals surface area contributed by atoms with Gasteiger partial charge >= 0.3 is 5.97 Å². The molecule has 3 nitrogen and oxygen atoms in total. The van der Waals surface area contributed by atoms with Gasteiger partial charge in [0.2, 0.25) is 0 Å². The lowest BCUT2D eigenvalue weighted by atomic mass is 10.3. The number of carbonyl (C=O) groups excluding carboxylic acids is 1. The number of hydrogen-bond donors (Lipinski definition) is 0. The molecule has 0 aromatic heterocycles. The second kappa shape index (κ2) is 6.39. The molecule has 0 spiro atoms. The Morgan fingerprint density at radius 2 is 2.18 bits per heavy atom. The molecule has 0 N–H and O–H groups in total. The first-order valence-corrected chi connectivity index (χ1v) is 5.76. The van der Waals surface area contributed by atoms with Crippen molar-refractivity contribution in [2.75, 3.05) is 13.2 Å². The Kier molecular flexibility index (Phi) is 5.15. The van der Waals surface area contributed by atoms with Gasteiger partial charge in [-0.15, -0.1) is 0 Å². The van der Waals surface area contributed by atoms with Crippen LogP contribution in [0.3, 0.4) is 0 Å². The minimum Gasteiger partial charge on any atom is -0.489 e. The van der Waals surface area contributed by atoms with Gasteiger partial charge in [0.25, 0.3) is 0 Å². The van der Waals surface area contributed by atoms with Gasteiger partial charge in [-0.1, -0.05) is 22.5 Å². The summed E-state index contributed by atoms with van der Waals surface area (Å²) in [5.41, 5.74) is 0.187. The average Bonchev–Trinajstić information content (AvgIpc) is 2.25. The van der Waals surface area contributed by atoms with E-state index in [4.69, 9.17) is 9.47 Å². The van der Waals surface area contributed by atoms with Gasteiger partial charge in [0.15, 0.2) is 0 Å². The number of carbonyl (C=O) groups is 1. The molecule has 92 valence electrons. The molecule has 0 bridgehead atoms. The molecule has 0 unspecified atom stereocenters. The predicted octanol–water partition coefficient (Wildman–Crippen LogP) is 3.09. The van der Waals surface area contributed by atoms with Crippen LogP contribution in [0.4, 0.5) is 4.39 Å². The Bertz CT molecular complexity index is 412. The Morgan fingerprint density at radius 1 is 1.47 bits per heavy atom. The molecule has 0 saturated heterocycles. The van der Waals surface area contributed by atoms with Crippen molar-refractivity contribution in [3.8, 4) is 5.75 Å². The largest absolute Gasteiger partial charge is 0.489 e. The summed E-state index contributed by atoms with van der Waals surface area (Å²) in [6.07, 6.45) is 0. The molecular formula is C12H12BrFO3. The maximum Gasteiger partial charge on any atom is 0.336 e. The minimum atomic E-state index is -0.511. The third-order valence-electron chi connectivity index (χ3n) is 1.81. The normalized spacial score (nSPS) is 9.82. The standard InChI is InChI=1S/C12H12BrFO3/c1-3-16-12(15)8(2)7-17-11-5-9(13)4-10(14)6-11/h4-6H,2-3,7H2,1H3. The fourth-order valence-electron chi connectivity index (χ4n) is 1.07. The van der Waals surface area contributed by atoms with Crippen LogP contribution in [0.5, 0.6) is 5.75 Å². The van der Waals surface area contributed by atoms with Crippen LogP contribution in [0.15, 0.2) is 34.8 Å². The lowest BCUT2D eigenvalue weighted by molar-refractivity contribution is -0.138. The molecular weight excluding hydrogens is 291 g/mol. The van der Waals surface area contributed by atoms with E-state index >= 15 is 0 Å². The highest BCUT2D eigenvalue weighted by Crippen LogP contribution is 2.20. The molecule has 0 aliphatic carbocycles. The van der Waals surface area contributed by atoms with Crippen LogP contribution < -0.4 is 4.74 Å². The number of halogens is 2. The van der Waals surface area contributed by atoms with Crippen LogP contribution in [0.2, 0.25) is 0 Å². The van der Waals surface area contributed by atoms with Crippen LogP contribution >= 0.6 is 15.9 Å². The van der Waals surface area contributed by atoms with Gasteiger partial charge in [0.05, 0.1) is 12.2 Å². The first-order chi connectivity index (χ1) is 8.02. The van der Waals surface area contributed by atoms with Crippen molar-refractivity contribution in [3.63, 3.8) is 0 Å². The smallest absolute Gasteiger partial charge is 0.336 e. The number of rotatable bonds is 5. The average molecular weight is 303 g/mol. The van der Waals surface area contributed by atoms with Crippen molar-refractivity contribution in [1.29, 1.82) is 0 Å². The van der Waals surface area contributed by atoms with Gasteiger partial charge in [-0.25, -0.2) is 9.18 Å². The molecule has 0 aliphatic heterocycles. The van der Waals surface area contributed by atoms with E-state index in [1.165, 1.54) is 12.1 Å². The molecule has 1 rings (SSSR count). The van der Waals surface area contributed by atoms with Crippen molar-refractivity contribution >= 4 is 21.9 Å². The van der Waals surface area contributed by atoms with Gasteiger partial charge in [-0.05, 0) is 19.1 Å². The monoisotopic (exact) mass is 302 g/mol. The quantitative estimate of drug-likeness (QED) is 0.619. The van der Waals surface area contributed by atoms with Gasteiger partial charge < -0.3 is 9.47 Å².